The number of carbonyl (C=O) groups is 1. The summed E-state index contributed by atoms with van der Waals surface area (Å²) in [6, 6.07) is 6.22. The van der Waals surface area contributed by atoms with Gasteiger partial charge >= 0.3 is 6.03 Å². The molecule has 0 atom stereocenters. The first kappa shape index (κ1) is 11.9. The van der Waals surface area contributed by atoms with Crippen molar-refractivity contribution in [3.05, 3.63) is 35.6 Å². The normalized spacial score (nSPS) is 14.4. The van der Waals surface area contributed by atoms with Gasteiger partial charge in [0, 0.05) is 13.1 Å². The second-order valence-electron chi connectivity index (χ2n) is 4.46. The molecule has 2 rings (SSSR count). The number of carbonyl (C=O) groups excluding carboxylic acids is 1. The highest BCUT2D eigenvalue weighted by atomic mass is 19.1. The standard InChI is InChI=1S/C13H17FN2O/c14-12-5-3-10(4-6-12)7-8-15-13(17)16-9-11-1-2-11/h3-6,11H,1-2,7-9H2,(H2,15,16,17). The van der Waals surface area contributed by atoms with E-state index in [4.69, 9.17) is 0 Å². The Labute approximate surface area is 100 Å². The lowest BCUT2D eigenvalue weighted by Gasteiger charge is -2.06. The summed E-state index contributed by atoms with van der Waals surface area (Å²) in [7, 11) is 0. The smallest absolute Gasteiger partial charge is 0.314 e. The highest BCUT2D eigenvalue weighted by Gasteiger charge is 2.21. The topological polar surface area (TPSA) is 41.1 Å². The van der Waals surface area contributed by atoms with Gasteiger partial charge in [0.1, 0.15) is 5.82 Å². The van der Waals surface area contributed by atoms with Crippen molar-refractivity contribution >= 4 is 6.03 Å². The first-order valence-electron chi connectivity index (χ1n) is 6.00. The van der Waals surface area contributed by atoms with E-state index in [9.17, 15) is 9.18 Å². The predicted molar refractivity (Wildman–Crippen MR) is 64.2 cm³/mol. The minimum Gasteiger partial charge on any atom is -0.338 e. The van der Waals surface area contributed by atoms with E-state index < -0.39 is 0 Å². The van der Waals surface area contributed by atoms with Crippen LogP contribution in [0.3, 0.4) is 0 Å². The van der Waals surface area contributed by atoms with Crippen LogP contribution in [-0.4, -0.2) is 19.1 Å². The van der Waals surface area contributed by atoms with Crippen molar-refractivity contribution in [1.82, 2.24) is 10.6 Å². The number of rotatable bonds is 5. The van der Waals surface area contributed by atoms with Crippen LogP contribution in [0.2, 0.25) is 0 Å². The third-order valence-electron chi connectivity index (χ3n) is 2.86. The quantitative estimate of drug-likeness (QED) is 0.807. The average molecular weight is 236 g/mol. The van der Waals surface area contributed by atoms with Crippen molar-refractivity contribution in [1.29, 1.82) is 0 Å². The van der Waals surface area contributed by atoms with Crippen LogP contribution < -0.4 is 10.6 Å². The Kier molecular flexibility index (Phi) is 3.96. The molecular weight excluding hydrogens is 219 g/mol. The second-order valence-corrected chi connectivity index (χ2v) is 4.46. The maximum absolute atomic E-state index is 12.6. The Morgan fingerprint density at radius 2 is 1.94 bits per heavy atom. The third kappa shape index (κ3) is 4.43. The van der Waals surface area contributed by atoms with Gasteiger partial charge in [-0.25, -0.2) is 9.18 Å². The summed E-state index contributed by atoms with van der Waals surface area (Å²) < 4.78 is 12.6. The fourth-order valence-electron chi connectivity index (χ4n) is 1.59. The summed E-state index contributed by atoms with van der Waals surface area (Å²) in [6.45, 7) is 1.35. The molecule has 1 fully saturated rings. The van der Waals surface area contributed by atoms with Crippen LogP contribution in [0, 0.1) is 11.7 Å². The molecule has 92 valence electrons. The molecule has 0 saturated heterocycles. The summed E-state index contributed by atoms with van der Waals surface area (Å²) in [4.78, 5) is 11.3. The van der Waals surface area contributed by atoms with E-state index in [0.29, 0.717) is 12.5 Å². The number of hydrogen-bond acceptors (Lipinski definition) is 1. The largest absolute Gasteiger partial charge is 0.338 e. The first-order chi connectivity index (χ1) is 8.24. The summed E-state index contributed by atoms with van der Waals surface area (Å²) in [5.74, 6) is 0.460. The minimum atomic E-state index is -0.233. The zero-order valence-electron chi connectivity index (χ0n) is 9.71. The lowest BCUT2D eigenvalue weighted by molar-refractivity contribution is 0.240. The second kappa shape index (κ2) is 5.66. The van der Waals surface area contributed by atoms with Crippen LogP contribution in [0.4, 0.5) is 9.18 Å². The van der Waals surface area contributed by atoms with Crippen molar-refractivity contribution in [2.45, 2.75) is 19.3 Å². The molecule has 17 heavy (non-hydrogen) atoms. The molecule has 4 heteroatoms. The van der Waals surface area contributed by atoms with E-state index in [1.165, 1.54) is 25.0 Å². The van der Waals surface area contributed by atoms with E-state index in [2.05, 4.69) is 10.6 Å². The van der Waals surface area contributed by atoms with Gasteiger partial charge in [-0.1, -0.05) is 12.1 Å². The molecule has 0 radical (unpaired) electrons. The van der Waals surface area contributed by atoms with Crippen LogP contribution in [0.5, 0.6) is 0 Å². The molecule has 1 aromatic carbocycles. The molecule has 0 bridgehead atoms. The Bertz CT molecular complexity index is 374. The van der Waals surface area contributed by atoms with Crippen molar-refractivity contribution in [2.24, 2.45) is 5.92 Å². The lowest BCUT2D eigenvalue weighted by Crippen LogP contribution is -2.37. The molecule has 0 aliphatic heterocycles. The van der Waals surface area contributed by atoms with E-state index in [0.717, 1.165) is 18.5 Å². The van der Waals surface area contributed by atoms with Crippen LogP contribution in [0.25, 0.3) is 0 Å². The summed E-state index contributed by atoms with van der Waals surface area (Å²) in [5.41, 5.74) is 1.02. The highest BCUT2D eigenvalue weighted by molar-refractivity contribution is 5.73. The molecule has 0 heterocycles. The molecular formula is C13H17FN2O. The zero-order valence-corrected chi connectivity index (χ0v) is 9.71. The number of hydrogen-bond donors (Lipinski definition) is 2. The van der Waals surface area contributed by atoms with Crippen LogP contribution >= 0.6 is 0 Å². The van der Waals surface area contributed by atoms with Crippen LogP contribution in [-0.2, 0) is 6.42 Å². The van der Waals surface area contributed by atoms with E-state index >= 15 is 0 Å². The average Bonchev–Trinajstić information content (AvgIpc) is 3.13. The minimum absolute atomic E-state index is 0.112. The van der Waals surface area contributed by atoms with Gasteiger partial charge < -0.3 is 10.6 Å². The van der Waals surface area contributed by atoms with E-state index in [-0.39, 0.29) is 11.8 Å². The Hall–Kier alpha value is -1.58. The Morgan fingerprint density at radius 3 is 2.59 bits per heavy atom. The van der Waals surface area contributed by atoms with Crippen LogP contribution in [0.15, 0.2) is 24.3 Å². The fraction of sp³-hybridized carbons (Fsp3) is 0.462. The van der Waals surface area contributed by atoms with Crippen molar-refractivity contribution in [3.63, 3.8) is 0 Å². The van der Waals surface area contributed by atoms with Gasteiger partial charge in [0.2, 0.25) is 0 Å². The third-order valence-corrected chi connectivity index (χ3v) is 2.86. The van der Waals surface area contributed by atoms with Crippen molar-refractivity contribution < 1.29 is 9.18 Å². The molecule has 1 aliphatic carbocycles. The van der Waals surface area contributed by atoms with E-state index in [1.807, 2.05) is 0 Å². The molecule has 2 amide bonds. The molecule has 1 saturated carbocycles. The van der Waals surface area contributed by atoms with Gasteiger partial charge in [-0.2, -0.15) is 0 Å². The van der Waals surface area contributed by atoms with Crippen molar-refractivity contribution in [3.8, 4) is 0 Å². The Morgan fingerprint density at radius 1 is 1.24 bits per heavy atom. The number of benzene rings is 1. The maximum Gasteiger partial charge on any atom is 0.314 e. The molecule has 0 aromatic heterocycles. The number of halogens is 1. The summed E-state index contributed by atoms with van der Waals surface area (Å²) in [6.07, 6.45) is 3.18. The number of amides is 2. The molecule has 1 aliphatic rings. The monoisotopic (exact) mass is 236 g/mol. The predicted octanol–water partition coefficient (Wildman–Crippen LogP) is 2.08. The van der Waals surface area contributed by atoms with Crippen LogP contribution in [0.1, 0.15) is 18.4 Å². The summed E-state index contributed by atoms with van der Waals surface area (Å²) >= 11 is 0. The molecule has 3 nitrogen and oxygen atoms in total. The number of urea groups is 1. The molecule has 2 N–H and O–H groups in total. The summed E-state index contributed by atoms with van der Waals surface area (Å²) in [5, 5.41) is 5.62. The lowest BCUT2D eigenvalue weighted by atomic mass is 10.1. The zero-order chi connectivity index (χ0) is 12.1. The Balaban J connectivity index is 1.61. The molecule has 1 aromatic rings. The van der Waals surface area contributed by atoms with E-state index in [1.54, 1.807) is 12.1 Å². The van der Waals surface area contributed by atoms with Gasteiger partial charge in [0.05, 0.1) is 0 Å². The van der Waals surface area contributed by atoms with Gasteiger partial charge in [-0.05, 0) is 42.9 Å². The highest BCUT2D eigenvalue weighted by Crippen LogP contribution is 2.27. The molecule has 0 unspecified atom stereocenters. The van der Waals surface area contributed by atoms with Gasteiger partial charge in [0.15, 0.2) is 0 Å². The van der Waals surface area contributed by atoms with Gasteiger partial charge in [-0.15, -0.1) is 0 Å². The fourth-order valence-corrected chi connectivity index (χ4v) is 1.59. The first-order valence-corrected chi connectivity index (χ1v) is 6.00. The van der Waals surface area contributed by atoms with Gasteiger partial charge in [0.25, 0.3) is 0 Å². The van der Waals surface area contributed by atoms with Gasteiger partial charge in [-0.3, -0.25) is 0 Å². The molecule has 0 spiro atoms. The number of nitrogens with one attached hydrogen (secondary N) is 2. The van der Waals surface area contributed by atoms with Crippen molar-refractivity contribution in [2.75, 3.05) is 13.1 Å². The SMILES string of the molecule is O=C(NCCc1ccc(F)cc1)NCC1CC1. The maximum atomic E-state index is 12.6.